The zero-order valence-corrected chi connectivity index (χ0v) is 17.6. The number of benzene rings is 1. The lowest BCUT2D eigenvalue weighted by Gasteiger charge is -2.40. The Bertz CT molecular complexity index is 935. The summed E-state index contributed by atoms with van der Waals surface area (Å²) in [6, 6.07) is 7.80. The van der Waals surface area contributed by atoms with Crippen LogP contribution in [0.15, 0.2) is 30.5 Å². The summed E-state index contributed by atoms with van der Waals surface area (Å²) in [6.45, 7) is 9.41. The lowest BCUT2D eigenvalue weighted by Crippen LogP contribution is -2.54. The van der Waals surface area contributed by atoms with Crippen molar-refractivity contribution in [2.45, 2.75) is 39.3 Å². The molecule has 1 amide bonds. The first kappa shape index (κ1) is 20.4. The van der Waals surface area contributed by atoms with Crippen LogP contribution in [-0.4, -0.2) is 75.5 Å². The van der Waals surface area contributed by atoms with Gasteiger partial charge in [-0.25, -0.2) is 9.59 Å². The van der Waals surface area contributed by atoms with E-state index in [-0.39, 0.29) is 17.8 Å². The molecule has 0 saturated carbocycles. The molecular weight excluding hydrogens is 382 g/mol. The predicted molar refractivity (Wildman–Crippen MR) is 114 cm³/mol. The van der Waals surface area contributed by atoms with Crippen molar-refractivity contribution in [3.8, 4) is 0 Å². The highest BCUT2D eigenvalue weighted by Gasteiger charge is 2.29. The molecule has 2 aromatic rings. The standard InChI is InChI=1S/C22H29N5O3/c1-16-5-6-18(20(13-16)25-8-3-4-9-25)15-24-11-12-26(17(2)14-24)22(30)27-10-7-19(23-27)21(28)29/h5-7,10,13,17H,3-4,8-9,11-12,14-15H2,1-2H3,(H,28,29)/t17-/m0/s1. The molecule has 0 unspecified atom stereocenters. The minimum atomic E-state index is -1.13. The molecule has 0 aliphatic carbocycles. The summed E-state index contributed by atoms with van der Waals surface area (Å²) >= 11 is 0. The van der Waals surface area contributed by atoms with Crippen molar-refractivity contribution in [3.63, 3.8) is 0 Å². The second-order valence-electron chi connectivity index (χ2n) is 8.34. The molecule has 3 heterocycles. The van der Waals surface area contributed by atoms with E-state index in [4.69, 9.17) is 5.11 Å². The van der Waals surface area contributed by atoms with E-state index in [1.165, 1.54) is 41.9 Å². The topological polar surface area (TPSA) is 81.9 Å². The number of anilines is 1. The van der Waals surface area contributed by atoms with Crippen molar-refractivity contribution in [2.75, 3.05) is 37.6 Å². The Morgan fingerprint density at radius 2 is 1.90 bits per heavy atom. The van der Waals surface area contributed by atoms with E-state index in [0.717, 1.165) is 37.4 Å². The molecule has 4 rings (SSSR count). The first-order valence-corrected chi connectivity index (χ1v) is 10.6. The van der Waals surface area contributed by atoms with Gasteiger partial charge in [-0.15, -0.1) is 0 Å². The van der Waals surface area contributed by atoms with Gasteiger partial charge in [0.25, 0.3) is 0 Å². The molecule has 2 aliphatic heterocycles. The molecule has 1 N–H and O–H groups in total. The van der Waals surface area contributed by atoms with Crippen molar-refractivity contribution in [1.29, 1.82) is 0 Å². The van der Waals surface area contributed by atoms with Gasteiger partial charge in [0.15, 0.2) is 5.69 Å². The third kappa shape index (κ3) is 4.18. The number of carbonyl (C=O) groups is 2. The van der Waals surface area contributed by atoms with Gasteiger partial charge >= 0.3 is 12.0 Å². The number of carboxylic acids is 1. The van der Waals surface area contributed by atoms with Crippen LogP contribution in [-0.2, 0) is 6.54 Å². The van der Waals surface area contributed by atoms with Crippen molar-refractivity contribution in [1.82, 2.24) is 19.6 Å². The van der Waals surface area contributed by atoms with Crippen LogP contribution in [0.3, 0.4) is 0 Å². The maximum atomic E-state index is 12.8. The number of hydrogen-bond acceptors (Lipinski definition) is 5. The molecule has 0 spiro atoms. The summed E-state index contributed by atoms with van der Waals surface area (Å²) in [5, 5.41) is 12.9. The van der Waals surface area contributed by atoms with Gasteiger partial charge in [0.2, 0.25) is 0 Å². The van der Waals surface area contributed by atoms with Gasteiger partial charge in [0.1, 0.15) is 0 Å². The van der Waals surface area contributed by atoms with Gasteiger partial charge in [-0.05, 0) is 49.9 Å². The number of nitrogens with zero attached hydrogens (tertiary/aromatic N) is 5. The molecule has 30 heavy (non-hydrogen) atoms. The normalized spacial score (nSPS) is 20.0. The minimum absolute atomic E-state index is 0.0180. The number of rotatable bonds is 4. The number of amides is 1. The second kappa shape index (κ2) is 8.47. The Hall–Kier alpha value is -2.87. The van der Waals surface area contributed by atoms with Gasteiger partial charge in [0.05, 0.1) is 0 Å². The van der Waals surface area contributed by atoms with Gasteiger partial charge in [-0.2, -0.15) is 9.78 Å². The minimum Gasteiger partial charge on any atom is -0.476 e. The molecular formula is C22H29N5O3. The van der Waals surface area contributed by atoms with Gasteiger partial charge in [-0.3, -0.25) is 4.90 Å². The van der Waals surface area contributed by atoms with Gasteiger partial charge in [0, 0.05) is 57.2 Å². The first-order valence-electron chi connectivity index (χ1n) is 10.6. The Balaban J connectivity index is 1.42. The third-order valence-corrected chi connectivity index (χ3v) is 6.04. The number of aromatic nitrogens is 2. The van der Waals surface area contributed by atoms with Crippen molar-refractivity contribution >= 4 is 17.7 Å². The third-order valence-electron chi connectivity index (χ3n) is 6.04. The Kier molecular flexibility index (Phi) is 5.76. The molecule has 1 aromatic heterocycles. The van der Waals surface area contributed by atoms with Crippen LogP contribution in [0.1, 0.15) is 41.4 Å². The molecule has 160 valence electrons. The summed E-state index contributed by atoms with van der Waals surface area (Å²) in [5.74, 6) is -1.13. The Labute approximate surface area is 176 Å². The van der Waals surface area contributed by atoms with Crippen LogP contribution in [0.2, 0.25) is 0 Å². The lowest BCUT2D eigenvalue weighted by molar-refractivity contribution is 0.0689. The summed E-state index contributed by atoms with van der Waals surface area (Å²) < 4.78 is 1.13. The van der Waals surface area contributed by atoms with E-state index in [9.17, 15) is 9.59 Å². The van der Waals surface area contributed by atoms with Gasteiger partial charge in [-0.1, -0.05) is 12.1 Å². The van der Waals surface area contributed by atoms with E-state index >= 15 is 0 Å². The number of aromatic carboxylic acids is 1. The molecule has 2 fully saturated rings. The maximum absolute atomic E-state index is 12.8. The summed E-state index contributed by atoms with van der Waals surface area (Å²) in [4.78, 5) is 30.5. The first-order chi connectivity index (χ1) is 14.4. The zero-order chi connectivity index (χ0) is 21.3. The van der Waals surface area contributed by atoms with Crippen LogP contribution in [0, 0.1) is 6.92 Å². The fourth-order valence-corrected chi connectivity index (χ4v) is 4.44. The van der Waals surface area contributed by atoms with Crippen LogP contribution in [0.5, 0.6) is 0 Å². The SMILES string of the molecule is Cc1ccc(CN2CCN(C(=O)n3ccc(C(=O)O)n3)[C@@H](C)C2)c(N2CCCC2)c1. The highest BCUT2D eigenvalue weighted by molar-refractivity contribution is 5.86. The number of hydrogen-bond donors (Lipinski definition) is 1. The predicted octanol–water partition coefficient (Wildman–Crippen LogP) is 2.66. The molecule has 0 radical (unpaired) electrons. The lowest BCUT2D eigenvalue weighted by atomic mass is 10.1. The van der Waals surface area contributed by atoms with Crippen LogP contribution >= 0.6 is 0 Å². The summed E-state index contributed by atoms with van der Waals surface area (Å²) in [5.41, 5.74) is 3.84. The summed E-state index contributed by atoms with van der Waals surface area (Å²) in [6.07, 6.45) is 3.92. The van der Waals surface area contributed by atoms with E-state index in [0.29, 0.717) is 6.54 Å². The Morgan fingerprint density at radius 1 is 1.13 bits per heavy atom. The van der Waals surface area contributed by atoms with E-state index < -0.39 is 5.97 Å². The monoisotopic (exact) mass is 411 g/mol. The largest absolute Gasteiger partial charge is 0.476 e. The van der Waals surface area contributed by atoms with E-state index in [1.54, 1.807) is 4.90 Å². The molecule has 8 heteroatoms. The van der Waals surface area contributed by atoms with Crippen molar-refractivity contribution in [3.05, 3.63) is 47.3 Å². The van der Waals surface area contributed by atoms with Crippen LogP contribution in [0.4, 0.5) is 10.5 Å². The molecule has 1 atom stereocenters. The second-order valence-corrected chi connectivity index (χ2v) is 8.34. The maximum Gasteiger partial charge on any atom is 0.356 e. The molecule has 1 aromatic carbocycles. The molecule has 2 saturated heterocycles. The van der Waals surface area contributed by atoms with E-state index in [2.05, 4.69) is 40.0 Å². The number of aryl methyl sites for hydroxylation is 1. The average molecular weight is 412 g/mol. The number of piperazine rings is 1. The molecule has 2 aliphatic rings. The van der Waals surface area contributed by atoms with Crippen LogP contribution in [0.25, 0.3) is 0 Å². The van der Waals surface area contributed by atoms with Crippen LogP contribution < -0.4 is 4.90 Å². The number of carboxylic acid groups (broad SMARTS) is 1. The van der Waals surface area contributed by atoms with Crippen molar-refractivity contribution in [2.24, 2.45) is 0 Å². The Morgan fingerprint density at radius 3 is 2.57 bits per heavy atom. The molecule has 0 bridgehead atoms. The average Bonchev–Trinajstić information content (AvgIpc) is 3.41. The quantitative estimate of drug-likeness (QED) is 0.833. The van der Waals surface area contributed by atoms with Crippen molar-refractivity contribution < 1.29 is 14.7 Å². The highest BCUT2D eigenvalue weighted by atomic mass is 16.4. The fourth-order valence-electron chi connectivity index (χ4n) is 4.44. The highest BCUT2D eigenvalue weighted by Crippen LogP contribution is 2.28. The fraction of sp³-hybridized carbons (Fsp3) is 0.500. The smallest absolute Gasteiger partial charge is 0.356 e. The van der Waals surface area contributed by atoms with E-state index in [1.807, 2.05) is 6.92 Å². The van der Waals surface area contributed by atoms with Gasteiger partial charge < -0.3 is 14.9 Å². The summed E-state index contributed by atoms with van der Waals surface area (Å²) in [7, 11) is 0. The molecule has 8 nitrogen and oxygen atoms in total. The zero-order valence-electron chi connectivity index (χ0n) is 17.6. The number of carbonyl (C=O) groups excluding carboxylic acids is 1.